The molecule has 0 heterocycles. The van der Waals surface area contributed by atoms with Crippen molar-refractivity contribution in [3.05, 3.63) is 103 Å². The summed E-state index contributed by atoms with van der Waals surface area (Å²) in [6.45, 7) is 7.79. The third-order valence-electron chi connectivity index (χ3n) is 8.99. The molecule has 0 aromatic heterocycles. The lowest BCUT2D eigenvalue weighted by Crippen LogP contribution is -2.44. The van der Waals surface area contributed by atoms with E-state index >= 15 is 0 Å². The highest BCUT2D eigenvalue weighted by molar-refractivity contribution is 6.08. The van der Waals surface area contributed by atoms with Crippen LogP contribution in [0.1, 0.15) is 89.2 Å². The van der Waals surface area contributed by atoms with Crippen molar-refractivity contribution in [3.63, 3.8) is 0 Å². The Morgan fingerprint density at radius 1 is 0.833 bits per heavy atom. The third-order valence-corrected chi connectivity index (χ3v) is 8.99. The Balaban J connectivity index is 0.000000612. The van der Waals surface area contributed by atoms with E-state index in [9.17, 15) is 4.79 Å². The molecule has 3 nitrogen and oxygen atoms in total. The summed E-state index contributed by atoms with van der Waals surface area (Å²) in [6, 6.07) is 28.8. The van der Waals surface area contributed by atoms with Crippen LogP contribution in [0.4, 0.5) is 0 Å². The van der Waals surface area contributed by atoms with E-state index < -0.39 is 5.97 Å². The number of hydrogen-bond donors (Lipinski definition) is 0. The van der Waals surface area contributed by atoms with Crippen molar-refractivity contribution >= 4 is 27.5 Å². The minimum Gasteiger partial charge on any atom is -0.482 e. The van der Waals surface area contributed by atoms with E-state index in [1.54, 1.807) is 0 Å². The van der Waals surface area contributed by atoms with Crippen molar-refractivity contribution in [1.29, 1.82) is 0 Å². The maximum atomic E-state index is 9.84. The lowest BCUT2D eigenvalue weighted by Gasteiger charge is -2.46. The largest absolute Gasteiger partial charge is 0.482 e. The zero-order valence-corrected chi connectivity index (χ0v) is 25.9. The number of unbranched alkanes of at least 4 members (excludes halogenated alkanes) is 6. The molecule has 0 radical (unpaired) electrons. The number of ether oxygens (including phenoxy) is 2. The Labute approximate surface area is 252 Å². The molecule has 4 aromatic rings. The molecule has 1 aliphatic rings. The van der Waals surface area contributed by atoms with Crippen molar-refractivity contribution < 1.29 is 14.3 Å². The standard InChI is InChI=1S/C35H42O.C4H6O2/c1-3-5-6-7-8-9-11-17-28-22-24-33-32-23-21-27-16-14-15-20-30(27)31(32)25-26-34(33)35(28,4-2)36-29-18-12-10-13-19-29;1-3-4(5)6-2/h10,12-16,18-21,23,25-26,28H,3-9,11,17,22,24H2,1-2H3;3H,1H2,2H3. The Morgan fingerprint density at radius 3 is 2.21 bits per heavy atom. The maximum absolute atomic E-state index is 9.84. The van der Waals surface area contributed by atoms with Crippen molar-refractivity contribution in [2.75, 3.05) is 7.11 Å². The summed E-state index contributed by atoms with van der Waals surface area (Å²) in [4.78, 5) is 9.84. The van der Waals surface area contributed by atoms with Gasteiger partial charge in [-0.3, -0.25) is 0 Å². The van der Waals surface area contributed by atoms with Gasteiger partial charge in [-0.05, 0) is 70.5 Å². The minimum atomic E-state index is -0.394. The molecule has 5 rings (SSSR count). The number of aryl methyl sites for hydroxylation is 1. The van der Waals surface area contributed by atoms with Crippen LogP contribution in [0.2, 0.25) is 0 Å². The van der Waals surface area contributed by atoms with Crippen LogP contribution in [0.15, 0.2) is 91.5 Å². The molecule has 0 N–H and O–H groups in total. The molecule has 0 bridgehead atoms. The number of rotatable bonds is 12. The molecule has 0 saturated carbocycles. The average Bonchev–Trinajstić information content (AvgIpc) is 3.05. The second kappa shape index (κ2) is 15.6. The van der Waals surface area contributed by atoms with Crippen LogP contribution in [-0.4, -0.2) is 13.1 Å². The molecule has 4 aromatic carbocycles. The highest BCUT2D eigenvalue weighted by atomic mass is 16.5. The molecule has 0 fully saturated rings. The molecule has 222 valence electrons. The van der Waals surface area contributed by atoms with Gasteiger partial charge in [0, 0.05) is 12.0 Å². The molecule has 0 amide bonds. The Kier molecular flexibility index (Phi) is 11.6. The van der Waals surface area contributed by atoms with Crippen molar-refractivity contribution in [2.24, 2.45) is 5.92 Å². The summed E-state index contributed by atoms with van der Waals surface area (Å²) in [5.41, 5.74) is 2.67. The Hall–Kier alpha value is -3.59. The third kappa shape index (κ3) is 7.24. The zero-order chi connectivity index (χ0) is 29.8. The van der Waals surface area contributed by atoms with Crippen LogP contribution in [0.3, 0.4) is 0 Å². The SMILES string of the molecule is C=CC(=O)OC.CCCCCCCCCC1CCc2c(ccc3c2ccc2ccccc23)C1(CC)Oc1ccccc1. The fraction of sp³-hybridized carbons (Fsp3) is 0.410. The quantitative estimate of drug-likeness (QED) is 0.0743. The van der Waals surface area contributed by atoms with Gasteiger partial charge in [-0.25, -0.2) is 4.79 Å². The molecule has 0 saturated heterocycles. The van der Waals surface area contributed by atoms with Gasteiger partial charge in [0.1, 0.15) is 11.4 Å². The Bertz CT molecular complexity index is 1440. The number of esters is 1. The first kappa shape index (κ1) is 31.3. The Morgan fingerprint density at radius 2 is 1.52 bits per heavy atom. The molecule has 0 aliphatic heterocycles. The summed E-state index contributed by atoms with van der Waals surface area (Å²) < 4.78 is 11.2. The van der Waals surface area contributed by atoms with Gasteiger partial charge in [-0.15, -0.1) is 0 Å². The lowest BCUT2D eigenvalue weighted by molar-refractivity contribution is -0.134. The molecule has 0 spiro atoms. The second-order valence-corrected chi connectivity index (χ2v) is 11.5. The van der Waals surface area contributed by atoms with E-state index in [0.29, 0.717) is 5.92 Å². The summed E-state index contributed by atoms with van der Waals surface area (Å²) in [6.07, 6.45) is 15.2. The van der Waals surface area contributed by atoms with E-state index in [0.717, 1.165) is 24.7 Å². The van der Waals surface area contributed by atoms with Gasteiger partial charge in [0.15, 0.2) is 0 Å². The predicted octanol–water partition coefficient (Wildman–Crippen LogP) is 10.7. The number of para-hydroxylation sites is 1. The van der Waals surface area contributed by atoms with Crippen LogP contribution in [0, 0.1) is 5.92 Å². The van der Waals surface area contributed by atoms with Gasteiger partial charge in [0.25, 0.3) is 0 Å². The molecule has 2 unspecified atom stereocenters. The van der Waals surface area contributed by atoms with Crippen LogP contribution in [-0.2, 0) is 21.6 Å². The van der Waals surface area contributed by atoms with Crippen LogP contribution in [0.25, 0.3) is 21.5 Å². The first-order valence-electron chi connectivity index (χ1n) is 16.0. The molecule has 3 heteroatoms. The number of benzene rings is 4. The van der Waals surface area contributed by atoms with E-state index in [1.807, 2.05) is 0 Å². The molecule has 2 atom stereocenters. The van der Waals surface area contributed by atoms with Gasteiger partial charge >= 0.3 is 5.97 Å². The normalized spacial score (nSPS) is 17.6. The minimum absolute atomic E-state index is 0.267. The number of carbonyl (C=O) groups excluding carboxylic acids is 1. The second-order valence-electron chi connectivity index (χ2n) is 11.5. The van der Waals surface area contributed by atoms with E-state index in [-0.39, 0.29) is 5.60 Å². The number of methoxy groups -OCH3 is 1. The lowest BCUT2D eigenvalue weighted by atomic mass is 9.67. The smallest absolute Gasteiger partial charge is 0.329 e. The maximum Gasteiger partial charge on any atom is 0.329 e. The fourth-order valence-electron chi connectivity index (χ4n) is 6.79. The van der Waals surface area contributed by atoms with Gasteiger partial charge in [0.05, 0.1) is 7.11 Å². The van der Waals surface area contributed by atoms with Gasteiger partial charge in [-0.2, -0.15) is 0 Å². The summed E-state index contributed by atoms with van der Waals surface area (Å²) >= 11 is 0. The van der Waals surface area contributed by atoms with Crippen molar-refractivity contribution in [3.8, 4) is 5.75 Å². The van der Waals surface area contributed by atoms with Crippen molar-refractivity contribution in [2.45, 2.75) is 90.1 Å². The first-order chi connectivity index (χ1) is 20.6. The molecule has 42 heavy (non-hydrogen) atoms. The molecular weight excluding hydrogens is 516 g/mol. The highest BCUT2D eigenvalue weighted by Crippen LogP contribution is 2.49. The van der Waals surface area contributed by atoms with E-state index in [4.69, 9.17) is 4.74 Å². The van der Waals surface area contributed by atoms with Crippen LogP contribution < -0.4 is 4.74 Å². The van der Waals surface area contributed by atoms with E-state index in [2.05, 4.69) is 104 Å². The molecule has 1 aliphatic carbocycles. The topological polar surface area (TPSA) is 35.5 Å². The average molecular weight is 565 g/mol. The van der Waals surface area contributed by atoms with Crippen LogP contribution >= 0.6 is 0 Å². The monoisotopic (exact) mass is 564 g/mol. The van der Waals surface area contributed by atoms with Gasteiger partial charge < -0.3 is 9.47 Å². The van der Waals surface area contributed by atoms with Crippen molar-refractivity contribution in [1.82, 2.24) is 0 Å². The van der Waals surface area contributed by atoms with Gasteiger partial charge in [0.2, 0.25) is 0 Å². The van der Waals surface area contributed by atoms with E-state index in [1.165, 1.54) is 97.6 Å². The predicted molar refractivity (Wildman–Crippen MR) is 177 cm³/mol. The highest BCUT2D eigenvalue weighted by Gasteiger charge is 2.45. The summed E-state index contributed by atoms with van der Waals surface area (Å²) in [5, 5.41) is 5.46. The van der Waals surface area contributed by atoms with Crippen LogP contribution in [0.5, 0.6) is 5.75 Å². The summed E-state index contributed by atoms with van der Waals surface area (Å²) in [5.74, 6) is 1.15. The first-order valence-corrected chi connectivity index (χ1v) is 16.0. The number of hydrogen-bond acceptors (Lipinski definition) is 3. The summed E-state index contributed by atoms with van der Waals surface area (Å²) in [7, 11) is 1.31. The molecular formula is C39H48O3. The van der Waals surface area contributed by atoms with Gasteiger partial charge in [-0.1, -0.05) is 132 Å². The number of fused-ring (bicyclic) bond motifs is 5. The number of carbonyl (C=O) groups is 1. The zero-order valence-electron chi connectivity index (χ0n) is 25.9. The fourth-order valence-corrected chi connectivity index (χ4v) is 6.79.